The van der Waals surface area contributed by atoms with Crippen molar-refractivity contribution in [2.75, 3.05) is 26.3 Å². The van der Waals surface area contributed by atoms with Gasteiger partial charge in [-0.2, -0.15) is 13.2 Å². The third-order valence-corrected chi connectivity index (χ3v) is 5.43. The molecule has 0 saturated carbocycles. The lowest BCUT2D eigenvalue weighted by molar-refractivity contribution is -0.137. The van der Waals surface area contributed by atoms with Gasteiger partial charge in [0.1, 0.15) is 11.5 Å². The van der Waals surface area contributed by atoms with Crippen molar-refractivity contribution in [1.82, 2.24) is 9.88 Å². The molecule has 1 aliphatic heterocycles. The van der Waals surface area contributed by atoms with Crippen molar-refractivity contribution in [3.05, 3.63) is 47.5 Å². The van der Waals surface area contributed by atoms with Crippen LogP contribution in [-0.2, 0) is 26.5 Å². The van der Waals surface area contributed by atoms with E-state index in [0.29, 0.717) is 38.6 Å². The van der Waals surface area contributed by atoms with Gasteiger partial charge in [0.15, 0.2) is 10.8 Å². The average molecular weight is 404 g/mol. The predicted molar refractivity (Wildman–Crippen MR) is 85.6 cm³/mol. The van der Waals surface area contributed by atoms with Gasteiger partial charge in [-0.25, -0.2) is 13.4 Å². The van der Waals surface area contributed by atoms with Gasteiger partial charge in [-0.1, -0.05) is 0 Å². The number of amides is 1. The van der Waals surface area contributed by atoms with Crippen LogP contribution in [0.15, 0.2) is 39.9 Å². The number of nitrogens with zero attached hydrogens (tertiary/aromatic N) is 2. The molecule has 1 aliphatic rings. The molecule has 2 aromatic heterocycles. The molecule has 146 valence electrons. The molecule has 0 atom stereocenters. The molecule has 1 saturated heterocycles. The van der Waals surface area contributed by atoms with Gasteiger partial charge in [0.05, 0.1) is 18.8 Å². The molecule has 2 aromatic rings. The maximum Gasteiger partial charge on any atom is 0.417 e. The Bertz CT molecular complexity index is 916. The standard InChI is InChI=1S/C16H15F3N2O5S/c17-16(18,19)11-1-4-14(20-9-11)27(23,24)10-12-2-3-13(26-12)15(22)21-5-7-25-8-6-21/h1-4,9H,5-8,10H2. The number of ether oxygens (including phenoxy) is 1. The second-order valence-corrected chi connectivity index (χ2v) is 7.75. The van der Waals surface area contributed by atoms with Gasteiger partial charge in [0.2, 0.25) is 9.84 Å². The van der Waals surface area contributed by atoms with Gasteiger partial charge in [0.25, 0.3) is 5.91 Å². The molecule has 0 spiro atoms. The van der Waals surface area contributed by atoms with E-state index in [-0.39, 0.29) is 17.4 Å². The summed E-state index contributed by atoms with van der Waals surface area (Å²) in [6.45, 7) is 1.63. The molecule has 11 heteroatoms. The first-order chi connectivity index (χ1) is 12.7. The monoisotopic (exact) mass is 404 g/mol. The zero-order valence-corrected chi connectivity index (χ0v) is 14.7. The number of carbonyl (C=O) groups excluding carboxylic acids is 1. The van der Waals surface area contributed by atoms with Gasteiger partial charge < -0.3 is 14.1 Å². The lowest BCUT2D eigenvalue weighted by Gasteiger charge is -2.25. The predicted octanol–water partition coefficient (Wildman–Crippen LogP) is 2.14. The number of sulfone groups is 1. The summed E-state index contributed by atoms with van der Waals surface area (Å²) in [5.74, 6) is -1.02. The second-order valence-electron chi connectivity index (χ2n) is 5.81. The molecule has 0 aromatic carbocycles. The smallest absolute Gasteiger partial charge is 0.417 e. The van der Waals surface area contributed by atoms with Crippen molar-refractivity contribution in [1.29, 1.82) is 0 Å². The summed E-state index contributed by atoms with van der Waals surface area (Å²) in [7, 11) is -4.03. The van der Waals surface area contributed by atoms with Crippen LogP contribution < -0.4 is 0 Å². The van der Waals surface area contributed by atoms with E-state index in [1.807, 2.05) is 0 Å². The molecule has 1 amide bonds. The third-order valence-electron chi connectivity index (χ3n) is 3.89. The van der Waals surface area contributed by atoms with E-state index >= 15 is 0 Å². The summed E-state index contributed by atoms with van der Waals surface area (Å²) in [5.41, 5.74) is -1.04. The number of halogens is 3. The molecular formula is C16H15F3N2O5S. The minimum absolute atomic E-state index is 0.00620. The summed E-state index contributed by atoms with van der Waals surface area (Å²) < 4.78 is 72.8. The molecular weight excluding hydrogens is 389 g/mol. The molecule has 0 unspecified atom stereocenters. The number of carbonyl (C=O) groups is 1. The largest absolute Gasteiger partial charge is 0.455 e. The molecule has 3 heterocycles. The third kappa shape index (κ3) is 4.48. The van der Waals surface area contributed by atoms with E-state index in [0.717, 1.165) is 6.07 Å². The fourth-order valence-corrected chi connectivity index (χ4v) is 3.65. The summed E-state index contributed by atoms with van der Waals surface area (Å²) in [6, 6.07) is 4.15. The SMILES string of the molecule is O=C(c1ccc(CS(=O)(=O)c2ccc(C(F)(F)F)cn2)o1)N1CCOCC1. The summed E-state index contributed by atoms with van der Waals surface area (Å²) in [6.07, 6.45) is -4.15. The molecule has 0 aliphatic carbocycles. The Balaban J connectivity index is 1.73. The van der Waals surface area contributed by atoms with Crippen molar-refractivity contribution in [3.8, 4) is 0 Å². The fourth-order valence-electron chi connectivity index (χ4n) is 2.49. The van der Waals surface area contributed by atoms with Crippen LogP contribution in [0, 0.1) is 0 Å². The first-order valence-corrected chi connectivity index (χ1v) is 9.54. The highest BCUT2D eigenvalue weighted by atomic mass is 32.2. The number of pyridine rings is 1. The molecule has 0 radical (unpaired) electrons. The Morgan fingerprint density at radius 1 is 1.15 bits per heavy atom. The average Bonchev–Trinajstić information content (AvgIpc) is 3.09. The highest BCUT2D eigenvalue weighted by Gasteiger charge is 2.31. The fraction of sp³-hybridized carbons (Fsp3) is 0.375. The van der Waals surface area contributed by atoms with Crippen molar-refractivity contribution >= 4 is 15.7 Å². The van der Waals surface area contributed by atoms with Crippen LogP contribution >= 0.6 is 0 Å². The normalized spacial score (nSPS) is 15.7. The Labute approximate surface area is 152 Å². The number of morpholine rings is 1. The minimum Gasteiger partial charge on any atom is -0.455 e. The quantitative estimate of drug-likeness (QED) is 0.776. The van der Waals surface area contributed by atoms with Crippen LogP contribution in [0.1, 0.15) is 21.9 Å². The Morgan fingerprint density at radius 3 is 2.44 bits per heavy atom. The Kier molecular flexibility index (Phi) is 5.24. The van der Waals surface area contributed by atoms with Crippen LogP contribution in [0.4, 0.5) is 13.2 Å². The van der Waals surface area contributed by atoms with E-state index in [1.54, 1.807) is 0 Å². The number of hydrogen-bond acceptors (Lipinski definition) is 6. The van der Waals surface area contributed by atoms with E-state index in [4.69, 9.17) is 9.15 Å². The maximum absolute atomic E-state index is 12.5. The molecule has 3 rings (SSSR count). The summed E-state index contributed by atoms with van der Waals surface area (Å²) >= 11 is 0. The number of aromatic nitrogens is 1. The highest BCUT2D eigenvalue weighted by Crippen LogP contribution is 2.29. The lowest BCUT2D eigenvalue weighted by Crippen LogP contribution is -2.40. The van der Waals surface area contributed by atoms with Crippen LogP contribution in [-0.4, -0.2) is 50.5 Å². The van der Waals surface area contributed by atoms with E-state index in [2.05, 4.69) is 4.98 Å². The van der Waals surface area contributed by atoms with E-state index < -0.39 is 32.4 Å². The number of alkyl halides is 3. The van der Waals surface area contributed by atoms with Crippen molar-refractivity contribution < 1.29 is 35.5 Å². The molecule has 7 nitrogen and oxygen atoms in total. The zero-order valence-electron chi connectivity index (χ0n) is 13.9. The minimum atomic E-state index is -4.61. The van der Waals surface area contributed by atoms with Crippen molar-refractivity contribution in [2.45, 2.75) is 17.0 Å². The number of hydrogen-bond donors (Lipinski definition) is 0. The van der Waals surface area contributed by atoms with E-state index in [9.17, 15) is 26.4 Å². The lowest BCUT2D eigenvalue weighted by atomic mass is 10.3. The Hall–Kier alpha value is -2.40. The van der Waals surface area contributed by atoms with Gasteiger partial charge in [-0.3, -0.25) is 4.79 Å². The zero-order chi connectivity index (χ0) is 19.7. The molecule has 0 bridgehead atoms. The van der Waals surface area contributed by atoms with E-state index in [1.165, 1.54) is 17.0 Å². The molecule has 1 fully saturated rings. The highest BCUT2D eigenvalue weighted by molar-refractivity contribution is 7.90. The van der Waals surface area contributed by atoms with Crippen LogP contribution in [0.2, 0.25) is 0 Å². The summed E-state index contributed by atoms with van der Waals surface area (Å²) in [5, 5.41) is -0.507. The topological polar surface area (TPSA) is 89.7 Å². The van der Waals surface area contributed by atoms with Gasteiger partial charge in [-0.15, -0.1) is 0 Å². The van der Waals surface area contributed by atoms with Crippen LogP contribution in [0.25, 0.3) is 0 Å². The summed E-state index contributed by atoms with van der Waals surface area (Å²) in [4.78, 5) is 17.2. The van der Waals surface area contributed by atoms with Crippen molar-refractivity contribution in [3.63, 3.8) is 0 Å². The Morgan fingerprint density at radius 2 is 1.85 bits per heavy atom. The maximum atomic E-state index is 12.5. The van der Waals surface area contributed by atoms with Crippen molar-refractivity contribution in [2.24, 2.45) is 0 Å². The van der Waals surface area contributed by atoms with Gasteiger partial charge >= 0.3 is 6.18 Å². The number of rotatable bonds is 4. The van der Waals surface area contributed by atoms with Crippen LogP contribution in [0.5, 0.6) is 0 Å². The first kappa shape index (κ1) is 19.4. The van der Waals surface area contributed by atoms with Gasteiger partial charge in [-0.05, 0) is 24.3 Å². The second kappa shape index (κ2) is 7.31. The first-order valence-electron chi connectivity index (χ1n) is 7.88. The molecule has 0 N–H and O–H groups in total. The molecule has 27 heavy (non-hydrogen) atoms. The van der Waals surface area contributed by atoms with Crippen LogP contribution in [0.3, 0.4) is 0 Å². The number of furan rings is 1. The van der Waals surface area contributed by atoms with Gasteiger partial charge in [0, 0.05) is 19.3 Å².